The van der Waals surface area contributed by atoms with Crippen molar-refractivity contribution in [1.82, 2.24) is 4.57 Å². The normalized spacial score (nSPS) is 16.3. The molecular weight excluding hydrogens is 230 g/mol. The minimum absolute atomic E-state index is 0.0355. The van der Waals surface area contributed by atoms with Crippen LogP contribution >= 0.6 is 0 Å². The van der Waals surface area contributed by atoms with Crippen LogP contribution in [0.4, 0.5) is 5.69 Å². The van der Waals surface area contributed by atoms with Gasteiger partial charge in [-0.1, -0.05) is 6.92 Å². The van der Waals surface area contributed by atoms with E-state index in [9.17, 15) is 9.59 Å². The number of carbonyl (C=O) groups excluding carboxylic acids is 1. The first-order valence-corrected chi connectivity index (χ1v) is 6.33. The van der Waals surface area contributed by atoms with Crippen LogP contribution in [0.1, 0.15) is 26.2 Å². The van der Waals surface area contributed by atoms with E-state index < -0.39 is 0 Å². The van der Waals surface area contributed by atoms with Gasteiger partial charge in [0.25, 0.3) is 5.56 Å². The number of hydrogen-bond donors (Lipinski definition) is 2. The van der Waals surface area contributed by atoms with Crippen LogP contribution < -0.4 is 16.6 Å². The zero-order chi connectivity index (χ0) is 13.2. The molecule has 2 rings (SSSR count). The largest absolute Gasteiger partial charge is 0.329 e. The molecule has 18 heavy (non-hydrogen) atoms. The number of anilines is 1. The third-order valence-electron chi connectivity index (χ3n) is 3.43. The predicted molar refractivity (Wildman–Crippen MR) is 70.3 cm³/mol. The van der Waals surface area contributed by atoms with Crippen LogP contribution in [0.15, 0.2) is 23.1 Å². The van der Waals surface area contributed by atoms with Gasteiger partial charge >= 0.3 is 0 Å². The van der Waals surface area contributed by atoms with Gasteiger partial charge in [-0.2, -0.15) is 0 Å². The number of aromatic nitrogens is 1. The first-order valence-electron chi connectivity index (χ1n) is 6.33. The van der Waals surface area contributed by atoms with E-state index in [1.54, 1.807) is 16.8 Å². The van der Waals surface area contributed by atoms with Crippen molar-refractivity contribution in [2.45, 2.75) is 32.7 Å². The lowest BCUT2D eigenvalue weighted by Crippen LogP contribution is -2.31. The Balaban J connectivity index is 2.12. The monoisotopic (exact) mass is 249 g/mol. The van der Waals surface area contributed by atoms with Crippen molar-refractivity contribution in [3.05, 3.63) is 28.7 Å². The summed E-state index contributed by atoms with van der Waals surface area (Å²) in [6.07, 6.45) is 4.27. The predicted octanol–water partition coefficient (Wildman–Crippen LogP) is 0.936. The summed E-state index contributed by atoms with van der Waals surface area (Å²) in [7, 11) is 0. The number of nitrogens with two attached hydrogens (primary N) is 1. The zero-order valence-corrected chi connectivity index (χ0v) is 10.6. The number of aryl methyl sites for hydroxylation is 1. The van der Waals surface area contributed by atoms with E-state index in [-0.39, 0.29) is 16.9 Å². The van der Waals surface area contributed by atoms with Crippen LogP contribution in [0.3, 0.4) is 0 Å². The van der Waals surface area contributed by atoms with Crippen molar-refractivity contribution in [2.24, 2.45) is 11.1 Å². The number of pyridine rings is 1. The number of amides is 1. The third kappa shape index (κ3) is 2.46. The van der Waals surface area contributed by atoms with Gasteiger partial charge in [-0.3, -0.25) is 9.59 Å². The van der Waals surface area contributed by atoms with Gasteiger partial charge in [-0.05, 0) is 25.3 Å². The number of nitrogens with zero attached hydrogens (tertiary/aromatic N) is 1. The Labute approximate surface area is 106 Å². The van der Waals surface area contributed by atoms with E-state index in [1.165, 1.54) is 6.07 Å². The highest BCUT2D eigenvalue weighted by Gasteiger charge is 2.48. The van der Waals surface area contributed by atoms with Crippen LogP contribution in [0.25, 0.3) is 0 Å². The molecule has 1 aromatic rings. The van der Waals surface area contributed by atoms with Gasteiger partial charge in [-0.25, -0.2) is 0 Å². The van der Waals surface area contributed by atoms with E-state index >= 15 is 0 Å². The van der Waals surface area contributed by atoms with Crippen molar-refractivity contribution in [3.8, 4) is 0 Å². The van der Waals surface area contributed by atoms with E-state index in [0.717, 1.165) is 19.3 Å². The van der Waals surface area contributed by atoms with E-state index in [2.05, 4.69) is 5.32 Å². The highest BCUT2D eigenvalue weighted by molar-refractivity contribution is 5.97. The van der Waals surface area contributed by atoms with Crippen LogP contribution in [0.2, 0.25) is 0 Å². The molecule has 0 atom stereocenters. The van der Waals surface area contributed by atoms with Crippen molar-refractivity contribution in [1.29, 1.82) is 0 Å². The van der Waals surface area contributed by atoms with Crippen molar-refractivity contribution in [3.63, 3.8) is 0 Å². The van der Waals surface area contributed by atoms with Gasteiger partial charge in [0.05, 0.1) is 11.1 Å². The second-order valence-electron chi connectivity index (χ2n) is 4.89. The summed E-state index contributed by atoms with van der Waals surface area (Å²) in [5, 5.41) is 2.84. The molecule has 0 aliphatic heterocycles. The number of rotatable bonds is 5. The molecule has 1 aliphatic carbocycles. The SMILES string of the molecule is CCCn1cc(NC(=O)C2(CN)CC2)ccc1=O. The molecule has 0 aromatic carbocycles. The molecule has 3 N–H and O–H groups in total. The lowest BCUT2D eigenvalue weighted by Gasteiger charge is -2.13. The first kappa shape index (κ1) is 12.8. The minimum Gasteiger partial charge on any atom is -0.329 e. The lowest BCUT2D eigenvalue weighted by molar-refractivity contribution is -0.120. The quantitative estimate of drug-likeness (QED) is 0.815. The van der Waals surface area contributed by atoms with Crippen LogP contribution in [-0.4, -0.2) is 17.0 Å². The highest BCUT2D eigenvalue weighted by atomic mass is 16.2. The maximum Gasteiger partial charge on any atom is 0.250 e. The van der Waals surface area contributed by atoms with Crippen molar-refractivity contribution >= 4 is 11.6 Å². The average Bonchev–Trinajstić information content (AvgIpc) is 3.15. The molecule has 1 aliphatic rings. The van der Waals surface area contributed by atoms with Crippen molar-refractivity contribution in [2.75, 3.05) is 11.9 Å². The Bertz CT molecular complexity index is 503. The molecule has 1 fully saturated rings. The molecular formula is C13H19N3O2. The Hall–Kier alpha value is -1.62. The minimum atomic E-state index is -0.369. The Morgan fingerprint density at radius 2 is 2.22 bits per heavy atom. The molecule has 0 spiro atoms. The summed E-state index contributed by atoms with van der Waals surface area (Å²) in [6.45, 7) is 3.04. The summed E-state index contributed by atoms with van der Waals surface area (Å²) in [5.41, 5.74) is 5.85. The summed E-state index contributed by atoms with van der Waals surface area (Å²) in [6, 6.07) is 3.12. The van der Waals surface area contributed by atoms with Crippen LogP contribution in [0.5, 0.6) is 0 Å². The maximum atomic E-state index is 12.0. The second-order valence-corrected chi connectivity index (χ2v) is 4.89. The van der Waals surface area contributed by atoms with Gasteiger partial charge in [0.15, 0.2) is 0 Å². The third-order valence-corrected chi connectivity index (χ3v) is 3.43. The van der Waals surface area contributed by atoms with Gasteiger partial charge in [0, 0.05) is 25.4 Å². The molecule has 1 amide bonds. The Morgan fingerprint density at radius 3 is 2.78 bits per heavy atom. The fourth-order valence-corrected chi connectivity index (χ4v) is 1.96. The lowest BCUT2D eigenvalue weighted by atomic mass is 10.1. The average molecular weight is 249 g/mol. The molecule has 1 saturated carbocycles. The van der Waals surface area contributed by atoms with Gasteiger partial charge in [0.1, 0.15) is 0 Å². The number of hydrogen-bond acceptors (Lipinski definition) is 3. The fraction of sp³-hybridized carbons (Fsp3) is 0.538. The molecule has 1 heterocycles. The van der Waals surface area contributed by atoms with Gasteiger partial charge < -0.3 is 15.6 Å². The van der Waals surface area contributed by atoms with Crippen LogP contribution in [0, 0.1) is 5.41 Å². The van der Waals surface area contributed by atoms with Gasteiger partial charge in [0.2, 0.25) is 5.91 Å². The zero-order valence-electron chi connectivity index (χ0n) is 10.6. The summed E-state index contributed by atoms with van der Waals surface area (Å²) >= 11 is 0. The smallest absolute Gasteiger partial charge is 0.250 e. The number of carbonyl (C=O) groups is 1. The van der Waals surface area contributed by atoms with Gasteiger partial charge in [-0.15, -0.1) is 0 Å². The molecule has 0 radical (unpaired) electrons. The van der Waals surface area contributed by atoms with E-state index in [1.807, 2.05) is 6.92 Å². The van der Waals surface area contributed by atoms with Crippen molar-refractivity contribution < 1.29 is 4.79 Å². The van der Waals surface area contributed by atoms with E-state index in [4.69, 9.17) is 5.73 Å². The Morgan fingerprint density at radius 1 is 1.50 bits per heavy atom. The first-order chi connectivity index (χ1) is 8.61. The molecule has 5 nitrogen and oxygen atoms in total. The highest BCUT2D eigenvalue weighted by Crippen LogP contribution is 2.45. The topological polar surface area (TPSA) is 77.1 Å². The summed E-state index contributed by atoms with van der Waals surface area (Å²) in [4.78, 5) is 23.5. The fourth-order valence-electron chi connectivity index (χ4n) is 1.96. The molecule has 0 unspecified atom stereocenters. The Kier molecular flexibility index (Phi) is 3.52. The van der Waals surface area contributed by atoms with E-state index in [0.29, 0.717) is 18.8 Å². The molecule has 0 bridgehead atoms. The molecule has 5 heteroatoms. The number of nitrogens with one attached hydrogen (secondary N) is 1. The molecule has 1 aromatic heterocycles. The molecule has 0 saturated heterocycles. The van der Waals surface area contributed by atoms with Crippen LogP contribution in [-0.2, 0) is 11.3 Å². The summed E-state index contributed by atoms with van der Waals surface area (Å²) in [5.74, 6) is -0.0355. The maximum absolute atomic E-state index is 12.0. The molecule has 98 valence electrons. The summed E-state index contributed by atoms with van der Waals surface area (Å²) < 4.78 is 1.61. The standard InChI is InChI=1S/C13H19N3O2/c1-2-7-16-8-10(3-4-11(16)17)15-12(18)13(9-14)5-6-13/h3-4,8H,2,5-7,9,14H2,1H3,(H,15,18). The second kappa shape index (κ2) is 4.94.